The number of imidazole rings is 1. The number of fused-ring (bicyclic) bond motifs is 1. The first-order valence-electron chi connectivity index (χ1n) is 12.3. The number of alkyl halides is 2. The molecule has 3 aromatic heterocycles. The van der Waals surface area contributed by atoms with Gasteiger partial charge in [-0.3, -0.25) is 14.0 Å². The van der Waals surface area contributed by atoms with E-state index in [0.717, 1.165) is 5.69 Å². The molecule has 2 aliphatic rings. The molecule has 0 radical (unpaired) electrons. The monoisotopic (exact) mass is 514 g/mol. The van der Waals surface area contributed by atoms with Gasteiger partial charge in [0.2, 0.25) is 5.88 Å². The summed E-state index contributed by atoms with van der Waals surface area (Å²) in [5.41, 5.74) is 6.68. The van der Waals surface area contributed by atoms with Crippen LogP contribution in [0.3, 0.4) is 0 Å². The molecule has 3 N–H and O–H groups in total. The average molecular weight is 515 g/mol. The summed E-state index contributed by atoms with van der Waals surface area (Å²) in [4.78, 5) is 34.9. The van der Waals surface area contributed by atoms with Gasteiger partial charge in [0.05, 0.1) is 24.4 Å². The Morgan fingerprint density at radius 3 is 2.59 bits per heavy atom. The third kappa shape index (κ3) is 5.33. The molecule has 4 heterocycles. The molecule has 0 aromatic carbocycles. The van der Waals surface area contributed by atoms with E-state index in [1.54, 1.807) is 24.4 Å². The molecule has 3 aromatic rings. The normalized spacial score (nSPS) is 20.2. The standard InChI is InChI=1S/C25H28F2N6O4/c26-21(27)23-31-20(19-8-5-16(14-33(19)23)32-10-12-36-13-11-32)24(35)30-15-3-6-17(7-4-15)37-25-18(22(28)34)2-1-9-29-25/h1-2,5,8-9,14-15,17,21H,3-4,6-7,10-13H2,(H2,28,34)(H,30,35). The molecule has 0 bridgehead atoms. The molecule has 1 saturated carbocycles. The van der Waals surface area contributed by atoms with Crippen molar-refractivity contribution >= 4 is 23.0 Å². The molecule has 5 rings (SSSR count). The number of aromatic nitrogens is 3. The topological polar surface area (TPSA) is 124 Å². The van der Waals surface area contributed by atoms with Crippen LogP contribution in [-0.4, -0.2) is 64.6 Å². The van der Waals surface area contributed by atoms with Gasteiger partial charge in [-0.1, -0.05) is 0 Å². The van der Waals surface area contributed by atoms with E-state index in [-0.39, 0.29) is 29.3 Å². The molecular weight excluding hydrogens is 486 g/mol. The second kappa shape index (κ2) is 10.7. The van der Waals surface area contributed by atoms with Gasteiger partial charge in [-0.25, -0.2) is 18.7 Å². The number of ether oxygens (including phenoxy) is 2. The summed E-state index contributed by atoms with van der Waals surface area (Å²) in [5.74, 6) is -1.37. The van der Waals surface area contributed by atoms with Crippen LogP contribution in [0.5, 0.6) is 5.88 Å². The smallest absolute Gasteiger partial charge is 0.295 e. The number of carbonyl (C=O) groups excluding carboxylic acids is 2. The number of rotatable bonds is 7. The van der Waals surface area contributed by atoms with E-state index in [2.05, 4.69) is 20.2 Å². The first-order chi connectivity index (χ1) is 17.9. The van der Waals surface area contributed by atoms with Gasteiger partial charge in [-0.05, 0) is 49.9 Å². The van der Waals surface area contributed by atoms with Crippen LogP contribution in [0.2, 0.25) is 0 Å². The zero-order chi connectivity index (χ0) is 25.9. The number of amides is 2. The van der Waals surface area contributed by atoms with Gasteiger partial charge in [0.15, 0.2) is 11.5 Å². The lowest BCUT2D eigenvalue weighted by molar-refractivity contribution is 0.0877. The number of pyridine rings is 2. The minimum Gasteiger partial charge on any atom is -0.474 e. The minimum absolute atomic E-state index is 0.0261. The fraction of sp³-hybridized carbons (Fsp3) is 0.440. The minimum atomic E-state index is -2.83. The summed E-state index contributed by atoms with van der Waals surface area (Å²) in [6.07, 6.45) is 2.58. The number of carbonyl (C=O) groups is 2. The lowest BCUT2D eigenvalue weighted by Gasteiger charge is -2.29. The Balaban J connectivity index is 1.26. The fourth-order valence-corrected chi connectivity index (χ4v) is 4.84. The first-order valence-corrected chi connectivity index (χ1v) is 12.3. The molecule has 0 atom stereocenters. The summed E-state index contributed by atoms with van der Waals surface area (Å²) < 4.78 is 40.2. The van der Waals surface area contributed by atoms with E-state index >= 15 is 0 Å². The van der Waals surface area contributed by atoms with Gasteiger partial charge in [0.1, 0.15) is 11.7 Å². The van der Waals surface area contributed by atoms with Gasteiger partial charge in [0, 0.05) is 31.5 Å². The highest BCUT2D eigenvalue weighted by molar-refractivity contribution is 5.99. The molecule has 2 fully saturated rings. The maximum absolute atomic E-state index is 13.8. The summed E-state index contributed by atoms with van der Waals surface area (Å²) in [7, 11) is 0. The molecule has 1 saturated heterocycles. The Bertz CT molecular complexity index is 1290. The van der Waals surface area contributed by atoms with E-state index in [9.17, 15) is 18.4 Å². The summed E-state index contributed by atoms with van der Waals surface area (Å²) in [6.45, 7) is 2.46. The van der Waals surface area contributed by atoms with Crippen LogP contribution in [0.25, 0.3) is 5.52 Å². The molecule has 12 heteroatoms. The van der Waals surface area contributed by atoms with E-state index in [1.165, 1.54) is 10.6 Å². The molecule has 2 amide bonds. The van der Waals surface area contributed by atoms with Crippen molar-refractivity contribution < 1.29 is 27.8 Å². The lowest BCUT2D eigenvalue weighted by Crippen LogP contribution is -2.40. The summed E-state index contributed by atoms with van der Waals surface area (Å²) >= 11 is 0. The highest BCUT2D eigenvalue weighted by atomic mass is 19.3. The molecule has 0 spiro atoms. The van der Waals surface area contributed by atoms with Crippen LogP contribution in [-0.2, 0) is 4.74 Å². The Kier molecular flexibility index (Phi) is 7.17. The predicted octanol–water partition coefficient (Wildman–Crippen LogP) is 2.72. The van der Waals surface area contributed by atoms with Gasteiger partial charge in [0.25, 0.3) is 18.2 Å². The Morgan fingerprint density at radius 2 is 1.89 bits per heavy atom. The molecule has 0 unspecified atom stereocenters. The lowest BCUT2D eigenvalue weighted by atomic mass is 9.93. The van der Waals surface area contributed by atoms with Crippen LogP contribution in [0.1, 0.15) is 58.8 Å². The Hall–Kier alpha value is -3.80. The quantitative estimate of drug-likeness (QED) is 0.497. The van der Waals surface area contributed by atoms with Crippen molar-refractivity contribution in [3.63, 3.8) is 0 Å². The van der Waals surface area contributed by atoms with Crippen LogP contribution in [0.4, 0.5) is 14.5 Å². The molecule has 196 valence electrons. The van der Waals surface area contributed by atoms with Crippen LogP contribution >= 0.6 is 0 Å². The highest BCUT2D eigenvalue weighted by Gasteiger charge is 2.28. The van der Waals surface area contributed by atoms with E-state index in [1.807, 2.05) is 6.07 Å². The van der Waals surface area contributed by atoms with E-state index < -0.39 is 24.1 Å². The predicted molar refractivity (Wildman–Crippen MR) is 130 cm³/mol. The number of nitrogens with zero attached hydrogens (tertiary/aromatic N) is 4. The number of nitrogens with one attached hydrogen (secondary N) is 1. The van der Waals surface area contributed by atoms with Gasteiger partial charge in [-0.2, -0.15) is 0 Å². The zero-order valence-electron chi connectivity index (χ0n) is 20.1. The van der Waals surface area contributed by atoms with Crippen molar-refractivity contribution in [2.45, 2.75) is 44.3 Å². The van der Waals surface area contributed by atoms with Crippen molar-refractivity contribution in [1.29, 1.82) is 0 Å². The van der Waals surface area contributed by atoms with Crippen LogP contribution in [0.15, 0.2) is 36.7 Å². The summed E-state index contributed by atoms with van der Waals surface area (Å²) in [5, 5.41) is 2.94. The van der Waals surface area contributed by atoms with Crippen molar-refractivity contribution in [2.75, 3.05) is 31.2 Å². The second-order valence-electron chi connectivity index (χ2n) is 9.15. The van der Waals surface area contributed by atoms with E-state index in [0.29, 0.717) is 57.5 Å². The maximum Gasteiger partial charge on any atom is 0.295 e. The van der Waals surface area contributed by atoms with Crippen molar-refractivity contribution in [2.24, 2.45) is 5.73 Å². The molecule has 1 aliphatic carbocycles. The van der Waals surface area contributed by atoms with Gasteiger partial charge < -0.3 is 25.4 Å². The number of morpholine rings is 1. The fourth-order valence-electron chi connectivity index (χ4n) is 4.84. The highest BCUT2D eigenvalue weighted by Crippen LogP contribution is 2.28. The number of primary amides is 1. The average Bonchev–Trinajstić information content (AvgIpc) is 3.30. The number of halogens is 2. The van der Waals surface area contributed by atoms with Gasteiger partial charge in [-0.15, -0.1) is 0 Å². The van der Waals surface area contributed by atoms with Crippen LogP contribution in [0, 0.1) is 0 Å². The molecule has 1 aliphatic heterocycles. The molecule has 37 heavy (non-hydrogen) atoms. The Morgan fingerprint density at radius 1 is 1.14 bits per heavy atom. The van der Waals surface area contributed by atoms with Crippen molar-refractivity contribution in [3.05, 3.63) is 53.7 Å². The maximum atomic E-state index is 13.8. The first kappa shape index (κ1) is 24.9. The molecule has 10 nitrogen and oxygen atoms in total. The third-order valence-electron chi connectivity index (χ3n) is 6.76. The molecular formula is C25H28F2N6O4. The van der Waals surface area contributed by atoms with Crippen LogP contribution < -0.4 is 20.7 Å². The number of hydrogen-bond donors (Lipinski definition) is 2. The van der Waals surface area contributed by atoms with Crippen molar-refractivity contribution in [3.8, 4) is 5.88 Å². The SMILES string of the molecule is NC(=O)c1cccnc1OC1CCC(NC(=O)c2nc(C(F)F)n3cc(N4CCOCC4)ccc23)CC1. The van der Waals surface area contributed by atoms with E-state index in [4.69, 9.17) is 15.2 Å². The Labute approximate surface area is 211 Å². The second-order valence-corrected chi connectivity index (χ2v) is 9.15. The van der Waals surface area contributed by atoms with Crippen molar-refractivity contribution in [1.82, 2.24) is 19.7 Å². The summed E-state index contributed by atoms with van der Waals surface area (Å²) in [6, 6.07) is 6.48. The number of nitrogens with two attached hydrogens (primary N) is 1. The largest absolute Gasteiger partial charge is 0.474 e. The zero-order valence-corrected chi connectivity index (χ0v) is 20.1. The number of anilines is 1. The number of hydrogen-bond acceptors (Lipinski definition) is 7. The van der Waals surface area contributed by atoms with Gasteiger partial charge >= 0.3 is 0 Å². The third-order valence-corrected chi connectivity index (χ3v) is 6.76.